The molecular formula is C8H13ClN2O2S. The number of aliphatic hydroxyl groups excluding tert-OH is 1. The fraction of sp³-hybridized carbons (Fsp3) is 0.625. The van der Waals surface area contributed by atoms with Gasteiger partial charge in [0.1, 0.15) is 5.15 Å². The minimum atomic E-state index is -0.428. The van der Waals surface area contributed by atoms with Gasteiger partial charge in [0.15, 0.2) is 5.13 Å². The number of anilines is 1. The first-order valence-electron chi connectivity index (χ1n) is 4.24. The molecule has 1 unspecified atom stereocenters. The maximum absolute atomic E-state index is 9.32. The van der Waals surface area contributed by atoms with Gasteiger partial charge >= 0.3 is 0 Å². The zero-order chi connectivity index (χ0) is 10.4. The quantitative estimate of drug-likeness (QED) is 0.788. The third kappa shape index (κ3) is 4.23. The number of halogens is 1. The van der Waals surface area contributed by atoms with Gasteiger partial charge in [-0.05, 0) is 6.42 Å². The van der Waals surface area contributed by atoms with Gasteiger partial charge in [0.05, 0.1) is 12.7 Å². The van der Waals surface area contributed by atoms with Gasteiger partial charge in [-0.1, -0.05) is 11.6 Å². The first-order valence-corrected chi connectivity index (χ1v) is 5.50. The molecule has 1 atom stereocenters. The van der Waals surface area contributed by atoms with Crippen LogP contribution in [0.2, 0.25) is 5.15 Å². The van der Waals surface area contributed by atoms with Crippen molar-refractivity contribution in [3.63, 3.8) is 0 Å². The predicted octanol–water partition coefficient (Wildman–Crippen LogP) is 1.61. The SMILES string of the molecule is COCC(O)CCNc1nc(Cl)cs1. The minimum absolute atomic E-state index is 0.361. The highest BCUT2D eigenvalue weighted by molar-refractivity contribution is 7.14. The van der Waals surface area contributed by atoms with E-state index in [2.05, 4.69) is 10.3 Å². The fourth-order valence-corrected chi connectivity index (χ4v) is 1.82. The number of hydrogen-bond acceptors (Lipinski definition) is 5. The van der Waals surface area contributed by atoms with Crippen LogP contribution < -0.4 is 5.32 Å². The van der Waals surface area contributed by atoms with Crippen LogP contribution in [0.4, 0.5) is 5.13 Å². The summed E-state index contributed by atoms with van der Waals surface area (Å²) in [6.07, 6.45) is 0.202. The lowest BCUT2D eigenvalue weighted by molar-refractivity contribution is 0.0615. The molecule has 0 aliphatic heterocycles. The van der Waals surface area contributed by atoms with Crippen molar-refractivity contribution in [1.82, 2.24) is 4.98 Å². The standard InChI is InChI=1S/C8H13ClN2O2S/c1-13-4-6(12)2-3-10-8-11-7(9)5-14-8/h5-6,12H,2-4H2,1H3,(H,10,11). The van der Waals surface area contributed by atoms with Crippen LogP contribution in [0, 0.1) is 0 Å². The Balaban J connectivity index is 2.15. The average Bonchev–Trinajstić information content (AvgIpc) is 2.52. The highest BCUT2D eigenvalue weighted by atomic mass is 35.5. The van der Waals surface area contributed by atoms with Crippen LogP contribution in [0.15, 0.2) is 5.38 Å². The van der Waals surface area contributed by atoms with Gasteiger partial charge < -0.3 is 15.2 Å². The summed E-state index contributed by atoms with van der Waals surface area (Å²) in [6.45, 7) is 1.02. The smallest absolute Gasteiger partial charge is 0.184 e. The molecule has 0 amide bonds. The van der Waals surface area contributed by atoms with Crippen molar-refractivity contribution < 1.29 is 9.84 Å². The molecule has 14 heavy (non-hydrogen) atoms. The molecule has 0 aliphatic carbocycles. The van der Waals surface area contributed by atoms with Gasteiger partial charge in [0.25, 0.3) is 0 Å². The summed E-state index contributed by atoms with van der Waals surface area (Å²) in [6, 6.07) is 0. The third-order valence-corrected chi connectivity index (χ3v) is 2.71. The van der Waals surface area contributed by atoms with Crippen molar-refractivity contribution in [1.29, 1.82) is 0 Å². The van der Waals surface area contributed by atoms with Crippen molar-refractivity contribution in [3.05, 3.63) is 10.5 Å². The van der Waals surface area contributed by atoms with Crippen LogP contribution in [0.25, 0.3) is 0 Å². The van der Waals surface area contributed by atoms with E-state index in [9.17, 15) is 5.11 Å². The van der Waals surface area contributed by atoms with E-state index in [1.165, 1.54) is 11.3 Å². The molecule has 1 aromatic rings. The van der Waals surface area contributed by atoms with Crippen LogP contribution in [0.5, 0.6) is 0 Å². The number of nitrogens with zero attached hydrogens (tertiary/aromatic N) is 1. The Labute approximate surface area is 91.9 Å². The topological polar surface area (TPSA) is 54.4 Å². The first-order chi connectivity index (χ1) is 6.72. The Bertz CT molecular complexity index is 270. The highest BCUT2D eigenvalue weighted by Crippen LogP contribution is 2.18. The summed E-state index contributed by atoms with van der Waals surface area (Å²) in [5, 5.41) is 15.4. The number of hydrogen-bond donors (Lipinski definition) is 2. The monoisotopic (exact) mass is 236 g/mol. The Hall–Kier alpha value is -0.360. The number of nitrogens with one attached hydrogen (secondary N) is 1. The van der Waals surface area contributed by atoms with Gasteiger partial charge in [0.2, 0.25) is 0 Å². The maximum atomic E-state index is 9.32. The Morgan fingerprint density at radius 1 is 1.79 bits per heavy atom. The number of rotatable bonds is 6. The lowest BCUT2D eigenvalue weighted by Gasteiger charge is -2.08. The molecule has 1 heterocycles. The van der Waals surface area contributed by atoms with E-state index in [0.29, 0.717) is 24.7 Å². The molecule has 0 aromatic carbocycles. The van der Waals surface area contributed by atoms with E-state index >= 15 is 0 Å². The highest BCUT2D eigenvalue weighted by Gasteiger charge is 2.03. The van der Waals surface area contributed by atoms with Crippen molar-refractivity contribution in [2.24, 2.45) is 0 Å². The predicted molar refractivity (Wildman–Crippen MR) is 58.1 cm³/mol. The van der Waals surface area contributed by atoms with Crippen LogP contribution in [0.3, 0.4) is 0 Å². The number of aromatic nitrogens is 1. The van der Waals surface area contributed by atoms with E-state index in [1.807, 2.05) is 0 Å². The second-order valence-electron chi connectivity index (χ2n) is 2.80. The van der Waals surface area contributed by atoms with Crippen LogP contribution in [-0.2, 0) is 4.74 Å². The molecule has 4 nitrogen and oxygen atoms in total. The van der Waals surface area contributed by atoms with Gasteiger partial charge in [-0.3, -0.25) is 0 Å². The molecule has 0 radical (unpaired) electrons. The maximum Gasteiger partial charge on any atom is 0.184 e. The summed E-state index contributed by atoms with van der Waals surface area (Å²) in [4.78, 5) is 4.01. The summed E-state index contributed by atoms with van der Waals surface area (Å²) in [5.41, 5.74) is 0. The van der Waals surface area contributed by atoms with Crippen molar-refractivity contribution in [3.8, 4) is 0 Å². The van der Waals surface area contributed by atoms with Crippen molar-refractivity contribution in [2.45, 2.75) is 12.5 Å². The lowest BCUT2D eigenvalue weighted by Crippen LogP contribution is -2.18. The molecule has 0 bridgehead atoms. The van der Waals surface area contributed by atoms with Gasteiger partial charge in [-0.15, -0.1) is 11.3 Å². The van der Waals surface area contributed by atoms with E-state index in [4.69, 9.17) is 16.3 Å². The molecule has 1 rings (SSSR count). The summed E-state index contributed by atoms with van der Waals surface area (Å²) >= 11 is 7.09. The molecule has 0 saturated heterocycles. The number of thiazole rings is 1. The third-order valence-electron chi connectivity index (χ3n) is 1.59. The minimum Gasteiger partial charge on any atom is -0.391 e. The summed E-state index contributed by atoms with van der Waals surface area (Å²) < 4.78 is 4.80. The molecule has 6 heteroatoms. The average molecular weight is 237 g/mol. The largest absolute Gasteiger partial charge is 0.391 e. The molecule has 0 saturated carbocycles. The fourth-order valence-electron chi connectivity index (χ4n) is 0.957. The Kier molecular flexibility index (Phi) is 5.17. The molecule has 2 N–H and O–H groups in total. The summed E-state index contributed by atoms with van der Waals surface area (Å²) in [5.74, 6) is 0. The molecular weight excluding hydrogens is 224 g/mol. The van der Waals surface area contributed by atoms with E-state index < -0.39 is 6.10 Å². The van der Waals surface area contributed by atoms with Gasteiger partial charge in [-0.25, -0.2) is 4.98 Å². The van der Waals surface area contributed by atoms with Gasteiger partial charge in [0, 0.05) is 19.0 Å². The van der Waals surface area contributed by atoms with E-state index in [-0.39, 0.29) is 0 Å². The molecule has 80 valence electrons. The zero-order valence-corrected chi connectivity index (χ0v) is 9.44. The Morgan fingerprint density at radius 3 is 3.14 bits per heavy atom. The normalized spacial score (nSPS) is 12.8. The zero-order valence-electron chi connectivity index (χ0n) is 7.86. The molecule has 0 spiro atoms. The number of methoxy groups -OCH3 is 1. The van der Waals surface area contributed by atoms with Crippen molar-refractivity contribution in [2.75, 3.05) is 25.6 Å². The number of aliphatic hydroxyl groups is 1. The Morgan fingerprint density at radius 2 is 2.57 bits per heavy atom. The second kappa shape index (κ2) is 6.19. The molecule has 0 aliphatic rings. The number of ether oxygens (including phenoxy) is 1. The van der Waals surface area contributed by atoms with E-state index in [0.717, 1.165) is 5.13 Å². The van der Waals surface area contributed by atoms with Crippen molar-refractivity contribution >= 4 is 28.1 Å². The molecule has 0 fully saturated rings. The first kappa shape index (κ1) is 11.7. The van der Waals surface area contributed by atoms with E-state index in [1.54, 1.807) is 12.5 Å². The van der Waals surface area contributed by atoms with Crippen LogP contribution in [0.1, 0.15) is 6.42 Å². The molecule has 1 aromatic heterocycles. The van der Waals surface area contributed by atoms with Crippen LogP contribution >= 0.6 is 22.9 Å². The van der Waals surface area contributed by atoms with Crippen LogP contribution in [-0.4, -0.2) is 36.5 Å². The van der Waals surface area contributed by atoms with Gasteiger partial charge in [-0.2, -0.15) is 0 Å². The lowest BCUT2D eigenvalue weighted by atomic mass is 10.3. The second-order valence-corrected chi connectivity index (χ2v) is 4.05. The summed E-state index contributed by atoms with van der Waals surface area (Å²) in [7, 11) is 1.57.